The predicted octanol–water partition coefficient (Wildman–Crippen LogP) is 29.5. The van der Waals surface area contributed by atoms with Crippen molar-refractivity contribution in [2.45, 2.75) is 209 Å². The quantitative estimate of drug-likeness (QED) is 0.142. The molecule has 578 valence electrons. The third kappa shape index (κ3) is 13.6. The fourth-order valence-corrected chi connectivity index (χ4v) is 17.8. The van der Waals surface area contributed by atoms with E-state index in [1.54, 1.807) is 0 Å². The average molecular weight is 1500 g/mol. The van der Waals surface area contributed by atoms with E-state index in [0.717, 1.165) is 89.6 Å². The highest BCUT2D eigenvalue weighted by atomic mass is 16.3. The minimum Gasteiger partial charge on any atom is -0.456 e. The molecule has 2 aliphatic heterocycles. The van der Waals surface area contributed by atoms with Crippen molar-refractivity contribution in [1.82, 2.24) is 4.57 Å². The van der Waals surface area contributed by atoms with Gasteiger partial charge in [0.15, 0.2) is 0 Å². The minimum absolute atomic E-state index is 0.0736. The lowest BCUT2D eigenvalue weighted by molar-refractivity contribution is 0.568. The van der Waals surface area contributed by atoms with Crippen LogP contribution in [0.2, 0.25) is 0 Å². The Kier molecular flexibility index (Phi) is 17.9. The van der Waals surface area contributed by atoms with Crippen LogP contribution in [0.4, 0.5) is 34.1 Å². The number of aromatic nitrogens is 1. The molecule has 115 heavy (non-hydrogen) atoms. The molecule has 4 heterocycles. The summed E-state index contributed by atoms with van der Waals surface area (Å²) in [6, 6.07) is 100. The number of para-hydroxylation sites is 1. The SMILES string of the molecule is CC(C)(C)c1cccc(-c2cc(N3c4cc(-n5c6ccc(C(C)(C)C)cc6c6cc(C(C)(C)C)ccc65)ccc4B4c5ccc(-c6cc(C(C)(C)C)cc(C(C)(C)C)c6)cc5N(c5c(-c6ccccc6)cc(C(C)(C)C)cc5-c5ccccc5)c5cc(-c6cc(C(C)(C)C)cc(C(C)(C)C)c6)cc3c54)c3c(c2)oc2ccccc23)c1. The number of benzene rings is 13. The lowest BCUT2D eigenvalue weighted by Gasteiger charge is -2.46. The molecule has 13 aromatic carbocycles. The highest BCUT2D eigenvalue weighted by Crippen LogP contribution is 2.56. The molecule has 0 amide bonds. The summed E-state index contributed by atoms with van der Waals surface area (Å²) in [4.78, 5) is 5.47. The van der Waals surface area contributed by atoms with Crippen LogP contribution in [0, 0.1) is 0 Å². The molecule has 2 aromatic heterocycles. The van der Waals surface area contributed by atoms with Crippen molar-refractivity contribution < 1.29 is 4.42 Å². The molecule has 0 radical (unpaired) electrons. The molecule has 0 fully saturated rings. The van der Waals surface area contributed by atoms with Crippen LogP contribution in [0.15, 0.2) is 259 Å². The van der Waals surface area contributed by atoms with E-state index in [1.165, 1.54) is 111 Å². The summed E-state index contributed by atoms with van der Waals surface area (Å²) < 4.78 is 9.92. The van der Waals surface area contributed by atoms with Crippen LogP contribution in [0.1, 0.15) is 211 Å². The highest BCUT2D eigenvalue weighted by Gasteiger charge is 2.46. The summed E-state index contributed by atoms with van der Waals surface area (Å²) in [5.41, 5.74) is 36.4. The maximum absolute atomic E-state index is 7.35. The monoisotopic (exact) mass is 1500 g/mol. The molecule has 0 spiro atoms. The van der Waals surface area contributed by atoms with Crippen molar-refractivity contribution >= 4 is 101 Å². The zero-order valence-corrected chi connectivity index (χ0v) is 72.6. The summed E-state index contributed by atoms with van der Waals surface area (Å²) in [6.07, 6.45) is 0. The Morgan fingerprint density at radius 2 is 0.626 bits per heavy atom. The van der Waals surface area contributed by atoms with Crippen LogP contribution in [-0.4, -0.2) is 11.3 Å². The number of nitrogens with zero attached hydrogens (tertiary/aromatic N) is 3. The number of hydrogen-bond donors (Lipinski definition) is 0. The topological polar surface area (TPSA) is 24.6 Å². The molecule has 17 rings (SSSR count). The summed E-state index contributed by atoms with van der Waals surface area (Å²) in [6.45, 7) is 56.2. The van der Waals surface area contributed by atoms with E-state index >= 15 is 0 Å². The zero-order valence-electron chi connectivity index (χ0n) is 72.6. The first kappa shape index (κ1) is 76.7. The second-order valence-corrected chi connectivity index (χ2v) is 41.6. The second-order valence-electron chi connectivity index (χ2n) is 41.6. The van der Waals surface area contributed by atoms with Gasteiger partial charge in [0.1, 0.15) is 11.2 Å². The molecule has 0 unspecified atom stereocenters. The fraction of sp³-hybridized carbons (Fsp3) is 0.291. The van der Waals surface area contributed by atoms with E-state index in [9.17, 15) is 0 Å². The van der Waals surface area contributed by atoms with Crippen molar-refractivity contribution in [1.29, 1.82) is 0 Å². The van der Waals surface area contributed by atoms with Gasteiger partial charge in [0, 0.05) is 55.7 Å². The van der Waals surface area contributed by atoms with Gasteiger partial charge in [-0.3, -0.25) is 0 Å². The second kappa shape index (κ2) is 26.9. The lowest BCUT2D eigenvalue weighted by atomic mass is 9.33. The molecule has 2 aliphatic rings. The normalized spacial score (nSPS) is 13.7. The van der Waals surface area contributed by atoms with Gasteiger partial charge in [-0.05, 0) is 234 Å². The number of hydrogen-bond acceptors (Lipinski definition) is 3. The molecule has 0 saturated heterocycles. The van der Waals surface area contributed by atoms with E-state index in [4.69, 9.17) is 4.42 Å². The zero-order chi connectivity index (χ0) is 81.5. The maximum Gasteiger partial charge on any atom is 0.252 e. The number of fused-ring (bicyclic) bond motifs is 10. The number of furan rings is 1. The largest absolute Gasteiger partial charge is 0.456 e. The molecule has 5 heteroatoms. The molecule has 0 atom stereocenters. The van der Waals surface area contributed by atoms with Crippen molar-refractivity contribution in [3.63, 3.8) is 0 Å². The van der Waals surface area contributed by atoms with Crippen LogP contribution in [-0.2, 0) is 43.3 Å². The molecule has 0 bridgehead atoms. The van der Waals surface area contributed by atoms with E-state index in [1.807, 2.05) is 0 Å². The van der Waals surface area contributed by atoms with Gasteiger partial charge in [-0.25, -0.2) is 0 Å². The van der Waals surface area contributed by atoms with Gasteiger partial charge in [0.25, 0.3) is 6.71 Å². The molecular weight excluding hydrogens is 1390 g/mol. The molecular formula is C110H114BN3O. The van der Waals surface area contributed by atoms with E-state index in [0.29, 0.717) is 0 Å². The van der Waals surface area contributed by atoms with Gasteiger partial charge in [0.05, 0.1) is 27.8 Å². The van der Waals surface area contributed by atoms with Crippen molar-refractivity contribution in [2.24, 2.45) is 0 Å². The minimum atomic E-state index is -0.281. The third-order valence-corrected chi connectivity index (χ3v) is 24.9. The van der Waals surface area contributed by atoms with Gasteiger partial charge >= 0.3 is 0 Å². The van der Waals surface area contributed by atoms with Crippen molar-refractivity contribution in [3.8, 4) is 61.3 Å². The molecule has 0 aliphatic carbocycles. The summed E-state index contributed by atoms with van der Waals surface area (Å²) in [5.74, 6) is 0. The van der Waals surface area contributed by atoms with Crippen LogP contribution in [0.25, 0.3) is 105 Å². The van der Waals surface area contributed by atoms with Gasteiger partial charge in [-0.15, -0.1) is 0 Å². The Bertz CT molecular complexity index is 6220. The summed E-state index contributed by atoms with van der Waals surface area (Å²) in [7, 11) is 0. The third-order valence-electron chi connectivity index (χ3n) is 24.9. The smallest absolute Gasteiger partial charge is 0.252 e. The summed E-state index contributed by atoms with van der Waals surface area (Å²) in [5, 5.41) is 4.64. The lowest BCUT2D eigenvalue weighted by Crippen LogP contribution is -2.61. The van der Waals surface area contributed by atoms with E-state index < -0.39 is 0 Å². The van der Waals surface area contributed by atoms with Gasteiger partial charge in [0.2, 0.25) is 0 Å². The molecule has 4 nitrogen and oxygen atoms in total. The predicted molar refractivity (Wildman–Crippen MR) is 499 cm³/mol. The van der Waals surface area contributed by atoms with E-state index in [-0.39, 0.29) is 50.0 Å². The Labute approximate surface area is 685 Å². The highest BCUT2D eigenvalue weighted by molar-refractivity contribution is 7.00. The Balaban J connectivity index is 1.09. The summed E-state index contributed by atoms with van der Waals surface area (Å²) >= 11 is 0. The molecule has 0 saturated carbocycles. The van der Waals surface area contributed by atoms with Crippen LogP contribution in [0.5, 0.6) is 0 Å². The van der Waals surface area contributed by atoms with Gasteiger partial charge < -0.3 is 18.8 Å². The Morgan fingerprint density at radius 3 is 1.13 bits per heavy atom. The number of anilines is 6. The van der Waals surface area contributed by atoms with Crippen molar-refractivity contribution in [3.05, 3.63) is 299 Å². The molecule has 15 aromatic rings. The number of rotatable bonds is 8. The molecule has 0 N–H and O–H groups in total. The standard InChI is InChI=1S/C110H114BN3O/c1-103(2,3)75-39-33-38-69(50-75)74-56-95(100-84-40-31-32-41-98(84)115-99(100)59-74)113-94-66-83(112-91-48-43-76(104(4,5)6)62-87(91)88-63-77(105(7,8)9)44-49-92(88)112)45-47-90(94)111-89-46-42-70(71-51-78(106(10,11)12)60-79(52-71)107(13,14)15)55-93(89)114(97-58-73(57-96(113)101(97)111)72-53-80(108(16,17)18)61-81(54-72)109(19,20)21)102-85(67-34-27-25-28-35-67)64-82(110(22,23)24)65-86(102)68-36-29-26-30-37-68/h25-66H,1-24H3. The van der Waals surface area contributed by atoms with E-state index in [2.05, 4.69) is 435 Å². The van der Waals surface area contributed by atoms with Crippen LogP contribution in [0.3, 0.4) is 0 Å². The van der Waals surface area contributed by atoms with Gasteiger partial charge in [-0.1, -0.05) is 336 Å². The first-order valence-corrected chi connectivity index (χ1v) is 41.9. The Hall–Kier alpha value is -10.9. The maximum atomic E-state index is 7.35. The van der Waals surface area contributed by atoms with Gasteiger partial charge in [-0.2, -0.15) is 0 Å². The first-order chi connectivity index (χ1) is 54.0. The van der Waals surface area contributed by atoms with Crippen LogP contribution >= 0.6 is 0 Å². The van der Waals surface area contributed by atoms with Crippen LogP contribution < -0.4 is 26.2 Å². The Morgan fingerprint density at radius 1 is 0.243 bits per heavy atom. The first-order valence-electron chi connectivity index (χ1n) is 41.9. The fourth-order valence-electron chi connectivity index (χ4n) is 17.8. The average Bonchev–Trinajstić information content (AvgIpc) is 1.20. The van der Waals surface area contributed by atoms with Crippen molar-refractivity contribution in [2.75, 3.05) is 9.80 Å².